The molecule has 0 aliphatic carbocycles. The third kappa shape index (κ3) is 7.49. The van der Waals surface area contributed by atoms with Gasteiger partial charge in [0.05, 0.1) is 24.5 Å². The average molecular weight is 693 g/mol. The molecule has 0 aliphatic heterocycles. The maximum Gasteiger partial charge on any atom is 0.405 e. The van der Waals surface area contributed by atoms with Crippen molar-refractivity contribution in [3.8, 4) is 5.75 Å². The molecule has 1 heterocycles. The molecule has 0 fully saturated rings. The van der Waals surface area contributed by atoms with Crippen LogP contribution in [0, 0.1) is 3.57 Å². The van der Waals surface area contributed by atoms with E-state index in [1.807, 2.05) is 29.5 Å². The lowest BCUT2D eigenvalue weighted by atomic mass is 10.2. The second-order valence-corrected chi connectivity index (χ2v) is 12.2. The van der Waals surface area contributed by atoms with Gasteiger partial charge >= 0.3 is 19.4 Å². The van der Waals surface area contributed by atoms with E-state index in [9.17, 15) is 17.7 Å². The fourth-order valence-electron chi connectivity index (χ4n) is 2.89. The minimum atomic E-state index is -4.86. The van der Waals surface area contributed by atoms with Gasteiger partial charge in [-0.25, -0.2) is 0 Å². The number of fused-ring (bicyclic) bond motifs is 1. The van der Waals surface area contributed by atoms with Gasteiger partial charge in [-0.15, -0.1) is 11.3 Å². The first-order valence-electron chi connectivity index (χ1n) is 10.2. The number of halogens is 7. The van der Waals surface area contributed by atoms with Crippen molar-refractivity contribution in [3.05, 3.63) is 25.1 Å². The Morgan fingerprint density at radius 2 is 1.76 bits per heavy atom. The van der Waals surface area contributed by atoms with Crippen LogP contribution in [0.15, 0.2) is 16.6 Å². The van der Waals surface area contributed by atoms with Crippen LogP contribution in [-0.4, -0.2) is 26.0 Å². The van der Waals surface area contributed by atoms with E-state index < -0.39 is 30.7 Å². The standard InChI is InChI=1S/C20H24BrF5IO4PS/c1-3-5-6-10-31-32(28,30-4-2)20(25,26)18-16(21)14-11-13(27)12-15(17(14)33-18)29-9-7-8-19(22,23)24/h11-12H,3-10H2,1-2H3. The summed E-state index contributed by atoms with van der Waals surface area (Å²) in [6, 6.07) is 3.19. The van der Waals surface area contributed by atoms with E-state index in [1.54, 1.807) is 12.1 Å². The fraction of sp³-hybridized carbons (Fsp3) is 0.600. The molecule has 1 unspecified atom stereocenters. The summed E-state index contributed by atoms with van der Waals surface area (Å²) >= 11 is 5.80. The smallest absolute Gasteiger partial charge is 0.405 e. The first-order chi connectivity index (χ1) is 15.4. The molecule has 1 aromatic carbocycles. The molecular formula is C20H24BrF5IO4PS. The number of benzene rings is 1. The Morgan fingerprint density at radius 1 is 1.06 bits per heavy atom. The van der Waals surface area contributed by atoms with Crippen LogP contribution in [0.1, 0.15) is 50.8 Å². The number of unbranched alkanes of at least 4 members (excludes halogenated alkanes) is 2. The molecule has 188 valence electrons. The molecule has 2 rings (SSSR count). The zero-order valence-corrected chi connectivity index (χ0v) is 23.4. The summed E-state index contributed by atoms with van der Waals surface area (Å²) in [6.45, 7) is 2.81. The summed E-state index contributed by atoms with van der Waals surface area (Å²) in [5.74, 6) is 0.182. The van der Waals surface area contributed by atoms with E-state index in [0.29, 0.717) is 31.4 Å². The Hall–Kier alpha value is -0.0100. The lowest BCUT2D eigenvalue weighted by Crippen LogP contribution is -2.18. The zero-order valence-electron chi connectivity index (χ0n) is 17.9. The van der Waals surface area contributed by atoms with Gasteiger partial charge in [-0.2, -0.15) is 22.0 Å². The first-order valence-corrected chi connectivity index (χ1v) is 14.5. The van der Waals surface area contributed by atoms with Crippen molar-refractivity contribution in [2.75, 3.05) is 19.8 Å². The summed E-state index contributed by atoms with van der Waals surface area (Å²) in [7, 11) is -4.86. The first kappa shape index (κ1) is 29.2. The highest BCUT2D eigenvalue weighted by Gasteiger charge is 2.57. The molecule has 0 spiro atoms. The van der Waals surface area contributed by atoms with Gasteiger partial charge in [0.1, 0.15) is 10.6 Å². The van der Waals surface area contributed by atoms with Crippen molar-refractivity contribution in [1.29, 1.82) is 0 Å². The highest BCUT2D eigenvalue weighted by molar-refractivity contribution is 14.1. The number of alkyl halides is 5. The van der Waals surface area contributed by atoms with Crippen LogP contribution in [0.4, 0.5) is 22.0 Å². The quantitative estimate of drug-likeness (QED) is 0.0908. The Kier molecular flexibility index (Phi) is 10.9. The van der Waals surface area contributed by atoms with Crippen molar-refractivity contribution < 1.29 is 40.3 Å². The highest BCUT2D eigenvalue weighted by Crippen LogP contribution is 2.69. The van der Waals surface area contributed by atoms with Gasteiger partial charge in [-0.05, 0) is 70.4 Å². The monoisotopic (exact) mass is 692 g/mol. The van der Waals surface area contributed by atoms with Crippen LogP contribution in [-0.2, 0) is 19.3 Å². The Labute approximate surface area is 215 Å². The topological polar surface area (TPSA) is 44.8 Å². The summed E-state index contributed by atoms with van der Waals surface area (Å²) in [5, 5.41) is 0.376. The summed E-state index contributed by atoms with van der Waals surface area (Å²) in [4.78, 5) is -0.549. The van der Waals surface area contributed by atoms with E-state index in [1.165, 1.54) is 6.92 Å². The molecule has 13 heteroatoms. The van der Waals surface area contributed by atoms with Crippen molar-refractivity contribution in [2.24, 2.45) is 0 Å². The Bertz CT molecular complexity index is 985. The van der Waals surface area contributed by atoms with Gasteiger partial charge in [0, 0.05) is 19.8 Å². The van der Waals surface area contributed by atoms with Crippen LogP contribution in [0.25, 0.3) is 10.1 Å². The number of rotatable bonds is 13. The van der Waals surface area contributed by atoms with Crippen LogP contribution in [0.3, 0.4) is 0 Å². The van der Waals surface area contributed by atoms with E-state index in [2.05, 4.69) is 15.9 Å². The van der Waals surface area contributed by atoms with Gasteiger partial charge in [0.15, 0.2) is 0 Å². The number of thiophene rings is 1. The Balaban J connectivity index is 2.40. The van der Waals surface area contributed by atoms with Gasteiger partial charge in [-0.3, -0.25) is 4.57 Å². The molecule has 0 N–H and O–H groups in total. The largest absolute Gasteiger partial charge is 0.492 e. The van der Waals surface area contributed by atoms with Gasteiger partial charge in [0.25, 0.3) is 0 Å². The highest BCUT2D eigenvalue weighted by atomic mass is 127. The van der Waals surface area contributed by atoms with Crippen LogP contribution < -0.4 is 4.74 Å². The molecule has 4 nitrogen and oxygen atoms in total. The average Bonchev–Trinajstić information content (AvgIpc) is 3.05. The molecule has 0 amide bonds. The molecule has 0 bridgehead atoms. The predicted molar refractivity (Wildman–Crippen MR) is 132 cm³/mol. The van der Waals surface area contributed by atoms with Crippen LogP contribution in [0.5, 0.6) is 5.75 Å². The van der Waals surface area contributed by atoms with Crippen molar-refractivity contribution in [3.63, 3.8) is 0 Å². The zero-order chi connectivity index (χ0) is 24.9. The number of hydrogen-bond acceptors (Lipinski definition) is 5. The van der Waals surface area contributed by atoms with Crippen LogP contribution in [0.2, 0.25) is 0 Å². The molecule has 1 atom stereocenters. The normalized spacial score (nSPS) is 14.6. The number of hydrogen-bond donors (Lipinski definition) is 0. The van der Waals surface area contributed by atoms with Gasteiger partial charge in [-0.1, -0.05) is 19.8 Å². The van der Waals surface area contributed by atoms with Crippen molar-refractivity contribution >= 4 is 67.5 Å². The molecule has 0 radical (unpaired) electrons. The molecule has 0 saturated carbocycles. The molecular weight excluding hydrogens is 669 g/mol. The molecule has 2 aromatic rings. The van der Waals surface area contributed by atoms with Crippen LogP contribution >= 0.6 is 57.5 Å². The number of ether oxygens (including phenoxy) is 1. The lowest BCUT2D eigenvalue weighted by Gasteiger charge is -2.25. The van der Waals surface area contributed by atoms with Crippen molar-refractivity contribution in [2.45, 2.75) is 57.8 Å². The minimum absolute atomic E-state index is 0.0169. The maximum absolute atomic E-state index is 15.6. The minimum Gasteiger partial charge on any atom is -0.492 e. The second-order valence-electron chi connectivity index (χ2n) is 7.09. The van der Waals surface area contributed by atoms with Gasteiger partial charge in [0.2, 0.25) is 0 Å². The molecule has 0 saturated heterocycles. The van der Waals surface area contributed by atoms with Gasteiger partial charge < -0.3 is 13.8 Å². The summed E-state index contributed by atoms with van der Waals surface area (Å²) < 4.78 is 98.1. The third-order valence-electron chi connectivity index (χ3n) is 4.45. The van der Waals surface area contributed by atoms with E-state index in [4.69, 9.17) is 13.8 Å². The van der Waals surface area contributed by atoms with E-state index >= 15 is 8.78 Å². The predicted octanol–water partition coefficient (Wildman–Crippen LogP) is 9.48. The summed E-state index contributed by atoms with van der Waals surface area (Å²) in [5.41, 5.74) is -3.95. The maximum atomic E-state index is 15.6. The molecule has 1 aromatic heterocycles. The lowest BCUT2D eigenvalue weighted by molar-refractivity contribution is -0.136. The molecule has 33 heavy (non-hydrogen) atoms. The van der Waals surface area contributed by atoms with E-state index in [-0.39, 0.29) is 36.5 Å². The summed E-state index contributed by atoms with van der Waals surface area (Å²) in [6.07, 6.45) is -3.54. The second kappa shape index (κ2) is 12.3. The SMILES string of the molecule is CCCCCOP(=O)(OCC)C(F)(F)c1sc2c(OCCCC(F)(F)F)cc(I)cc2c1Br. The molecule has 0 aliphatic rings. The van der Waals surface area contributed by atoms with E-state index in [0.717, 1.165) is 12.8 Å². The fourth-order valence-corrected chi connectivity index (χ4v) is 7.53. The van der Waals surface area contributed by atoms with Crippen molar-refractivity contribution in [1.82, 2.24) is 0 Å². The Morgan fingerprint density at radius 3 is 2.36 bits per heavy atom. The third-order valence-corrected chi connectivity index (χ3v) is 9.63.